The summed E-state index contributed by atoms with van der Waals surface area (Å²) in [5, 5.41) is 13.2. The molecule has 8 heteroatoms. The summed E-state index contributed by atoms with van der Waals surface area (Å²) in [7, 11) is 0. The second-order valence-electron chi connectivity index (χ2n) is 10.7. The van der Waals surface area contributed by atoms with Crippen molar-refractivity contribution in [1.82, 2.24) is 19.9 Å². The van der Waals surface area contributed by atoms with Gasteiger partial charge in [0.05, 0.1) is 11.7 Å². The first-order valence-corrected chi connectivity index (χ1v) is 12.8. The number of aliphatic carboxylic acids is 1. The fourth-order valence-corrected chi connectivity index (χ4v) is 5.95. The number of rotatable bonds is 6. The van der Waals surface area contributed by atoms with Crippen molar-refractivity contribution < 1.29 is 14.7 Å². The molecule has 7 nitrogen and oxygen atoms in total. The molecule has 1 aliphatic rings. The molecule has 35 heavy (non-hydrogen) atoms. The molecular formula is C27H32N4O3S. The smallest absolute Gasteiger partial charge is 0.329 e. The van der Waals surface area contributed by atoms with Gasteiger partial charge in [0.25, 0.3) is 5.91 Å². The molecule has 1 saturated heterocycles. The number of thiazole rings is 1. The third-order valence-electron chi connectivity index (χ3n) is 6.71. The average Bonchev–Trinajstić information content (AvgIpc) is 3.45. The molecule has 0 aliphatic carbocycles. The normalized spacial score (nSPS) is 22.5. The van der Waals surface area contributed by atoms with Gasteiger partial charge in [0.15, 0.2) is 0 Å². The predicted octanol–water partition coefficient (Wildman–Crippen LogP) is 5.47. The second kappa shape index (κ2) is 9.49. The zero-order valence-electron chi connectivity index (χ0n) is 20.8. The highest BCUT2D eigenvalue weighted by Crippen LogP contribution is 2.54. The monoisotopic (exact) mass is 492 g/mol. The first kappa shape index (κ1) is 25.0. The number of aromatic nitrogens is 3. The number of benzene rings is 1. The number of amides is 1. The molecule has 2 aromatic heterocycles. The highest BCUT2D eigenvalue weighted by molar-refractivity contribution is 7.09. The molecule has 2 unspecified atom stereocenters. The lowest BCUT2D eigenvalue weighted by atomic mass is 9.83. The number of hydrogen-bond acceptors (Lipinski definition) is 6. The van der Waals surface area contributed by atoms with Gasteiger partial charge in [-0.25, -0.2) is 9.78 Å². The summed E-state index contributed by atoms with van der Waals surface area (Å²) in [4.78, 5) is 42.1. The Kier molecular flexibility index (Phi) is 6.77. The summed E-state index contributed by atoms with van der Waals surface area (Å²) in [6.45, 7) is 10.3. The topological polar surface area (TPSA) is 96.3 Å². The number of carboxylic acids is 1. The molecule has 3 atom stereocenters. The fraction of sp³-hybridized carbons (Fsp3) is 0.444. The van der Waals surface area contributed by atoms with E-state index >= 15 is 0 Å². The van der Waals surface area contributed by atoms with Crippen molar-refractivity contribution >= 4 is 23.2 Å². The molecule has 1 N–H and O–H groups in total. The van der Waals surface area contributed by atoms with Crippen molar-refractivity contribution in [2.24, 2.45) is 5.92 Å². The minimum atomic E-state index is -1.40. The maximum absolute atomic E-state index is 14.2. The van der Waals surface area contributed by atoms with Crippen LogP contribution in [0.3, 0.4) is 0 Å². The molecule has 1 aliphatic heterocycles. The Morgan fingerprint density at radius 2 is 1.86 bits per heavy atom. The number of nitrogens with zero attached hydrogens (tertiary/aromatic N) is 4. The van der Waals surface area contributed by atoms with Gasteiger partial charge in [0.2, 0.25) is 0 Å². The quantitative estimate of drug-likeness (QED) is 0.490. The maximum Gasteiger partial charge on any atom is 0.329 e. The molecular weight excluding hydrogens is 460 g/mol. The first-order chi connectivity index (χ1) is 16.5. The standard InChI is InChI=1S/C27H32N4O3S/c1-17(2)14-27(25(33)34)15-20(21-16-28-10-11-29-21)22(23-30-12-13-35-23)31(27)24(32)18-6-8-19(9-7-18)26(3,4)5/h6-13,16-17,20,22H,14-15H2,1-5H3,(H,33,34)/t20?,22-,27?/m1/s1. The largest absolute Gasteiger partial charge is 0.479 e. The zero-order valence-corrected chi connectivity index (χ0v) is 21.6. The van der Waals surface area contributed by atoms with Crippen LogP contribution in [-0.2, 0) is 10.2 Å². The van der Waals surface area contributed by atoms with Gasteiger partial charge in [-0.15, -0.1) is 11.3 Å². The molecule has 1 fully saturated rings. The zero-order chi connectivity index (χ0) is 25.4. The van der Waals surface area contributed by atoms with E-state index in [9.17, 15) is 14.7 Å². The van der Waals surface area contributed by atoms with Crippen LogP contribution in [0, 0.1) is 5.92 Å². The molecule has 1 aromatic carbocycles. The van der Waals surface area contributed by atoms with E-state index in [1.54, 1.807) is 41.8 Å². The van der Waals surface area contributed by atoms with E-state index in [2.05, 4.69) is 35.7 Å². The number of carboxylic acid groups (broad SMARTS) is 1. The highest BCUT2D eigenvalue weighted by atomic mass is 32.1. The summed E-state index contributed by atoms with van der Waals surface area (Å²) in [5.41, 5.74) is 0.787. The SMILES string of the molecule is CC(C)CC1(C(=O)O)CC(c2cnccn2)[C@H](c2nccs2)N1C(=O)c1ccc(C(C)(C)C)cc1. The number of carbonyl (C=O) groups excluding carboxylic acids is 1. The van der Waals surface area contributed by atoms with Gasteiger partial charge < -0.3 is 10.0 Å². The van der Waals surface area contributed by atoms with Crippen LogP contribution in [0.5, 0.6) is 0 Å². The minimum Gasteiger partial charge on any atom is -0.479 e. The predicted molar refractivity (Wildman–Crippen MR) is 135 cm³/mol. The molecule has 0 radical (unpaired) electrons. The van der Waals surface area contributed by atoms with Crippen LogP contribution >= 0.6 is 11.3 Å². The number of hydrogen-bond donors (Lipinski definition) is 1. The van der Waals surface area contributed by atoms with Gasteiger partial charge in [0.1, 0.15) is 10.5 Å². The van der Waals surface area contributed by atoms with E-state index in [-0.39, 0.29) is 29.6 Å². The highest BCUT2D eigenvalue weighted by Gasteiger charge is 2.60. The van der Waals surface area contributed by atoms with Crippen molar-refractivity contribution in [3.63, 3.8) is 0 Å². The third-order valence-corrected chi connectivity index (χ3v) is 7.55. The van der Waals surface area contributed by atoms with Gasteiger partial charge in [0, 0.05) is 41.6 Å². The fourth-order valence-electron chi connectivity index (χ4n) is 5.16. The van der Waals surface area contributed by atoms with Crippen molar-refractivity contribution in [2.75, 3.05) is 0 Å². The first-order valence-electron chi connectivity index (χ1n) is 11.9. The van der Waals surface area contributed by atoms with Gasteiger partial charge in [-0.1, -0.05) is 46.8 Å². The Labute approximate surface area is 210 Å². The lowest BCUT2D eigenvalue weighted by molar-refractivity contribution is -0.150. The summed E-state index contributed by atoms with van der Waals surface area (Å²) in [6.07, 6.45) is 7.13. The lowest BCUT2D eigenvalue weighted by Gasteiger charge is -2.38. The van der Waals surface area contributed by atoms with Crippen LogP contribution in [0.4, 0.5) is 0 Å². The summed E-state index contributed by atoms with van der Waals surface area (Å²) in [6, 6.07) is 6.95. The van der Waals surface area contributed by atoms with Crippen LogP contribution < -0.4 is 0 Å². The Balaban J connectivity index is 1.89. The third kappa shape index (κ3) is 4.72. The summed E-state index contributed by atoms with van der Waals surface area (Å²) in [5.74, 6) is -1.59. The van der Waals surface area contributed by atoms with E-state index in [1.807, 2.05) is 31.4 Å². The van der Waals surface area contributed by atoms with Crippen molar-refractivity contribution in [1.29, 1.82) is 0 Å². The van der Waals surface area contributed by atoms with E-state index in [0.29, 0.717) is 22.7 Å². The Morgan fingerprint density at radius 3 is 2.37 bits per heavy atom. The van der Waals surface area contributed by atoms with Crippen LogP contribution in [0.25, 0.3) is 0 Å². The van der Waals surface area contributed by atoms with E-state index in [4.69, 9.17) is 0 Å². The van der Waals surface area contributed by atoms with Crippen molar-refractivity contribution in [3.05, 3.63) is 76.3 Å². The van der Waals surface area contributed by atoms with Crippen LogP contribution in [0.2, 0.25) is 0 Å². The van der Waals surface area contributed by atoms with E-state index in [0.717, 1.165) is 5.56 Å². The summed E-state index contributed by atoms with van der Waals surface area (Å²) >= 11 is 1.43. The van der Waals surface area contributed by atoms with E-state index < -0.39 is 17.6 Å². The molecule has 3 aromatic rings. The molecule has 3 heterocycles. The second-order valence-corrected chi connectivity index (χ2v) is 11.6. The van der Waals surface area contributed by atoms with Crippen LogP contribution in [0.1, 0.15) is 86.0 Å². The van der Waals surface area contributed by atoms with Crippen molar-refractivity contribution in [2.45, 2.75) is 70.4 Å². The number of likely N-dealkylation sites (tertiary alicyclic amines) is 1. The maximum atomic E-state index is 14.2. The van der Waals surface area contributed by atoms with Crippen molar-refractivity contribution in [3.8, 4) is 0 Å². The number of carbonyl (C=O) groups is 2. The van der Waals surface area contributed by atoms with Crippen LogP contribution in [0.15, 0.2) is 54.4 Å². The van der Waals surface area contributed by atoms with Gasteiger partial charge in [-0.3, -0.25) is 14.8 Å². The van der Waals surface area contributed by atoms with Gasteiger partial charge in [-0.2, -0.15) is 0 Å². The molecule has 4 rings (SSSR count). The lowest BCUT2D eigenvalue weighted by Crippen LogP contribution is -2.54. The Bertz CT molecular complexity index is 1170. The average molecular weight is 493 g/mol. The minimum absolute atomic E-state index is 0.0574. The molecule has 0 spiro atoms. The molecule has 0 saturated carbocycles. The van der Waals surface area contributed by atoms with Gasteiger partial charge >= 0.3 is 5.97 Å². The molecule has 1 amide bonds. The Morgan fingerprint density at radius 1 is 1.14 bits per heavy atom. The van der Waals surface area contributed by atoms with E-state index in [1.165, 1.54) is 11.3 Å². The molecule has 184 valence electrons. The van der Waals surface area contributed by atoms with Crippen LogP contribution in [-0.4, -0.2) is 42.4 Å². The summed E-state index contributed by atoms with van der Waals surface area (Å²) < 4.78 is 0. The Hall–Kier alpha value is -3.13. The molecule has 0 bridgehead atoms. The van der Waals surface area contributed by atoms with Gasteiger partial charge in [-0.05, 0) is 41.9 Å².